The molecule has 6 heteroatoms. The third-order valence-electron chi connectivity index (χ3n) is 4.37. The van der Waals surface area contributed by atoms with E-state index in [0.29, 0.717) is 23.9 Å². The molecule has 1 heterocycles. The first-order valence-electron chi connectivity index (χ1n) is 8.82. The minimum Gasteiger partial charge on any atom is -0.486 e. The minimum atomic E-state index is -0.194. The summed E-state index contributed by atoms with van der Waals surface area (Å²) in [7, 11) is 3.95. The molecular weight excluding hydrogens is 380 g/mol. The van der Waals surface area contributed by atoms with Crippen LogP contribution in [0.2, 0.25) is 5.02 Å². The van der Waals surface area contributed by atoms with Crippen LogP contribution in [0.1, 0.15) is 17.2 Å². The summed E-state index contributed by atoms with van der Waals surface area (Å²) < 4.78 is 5.74. The number of hydrogen-bond donors (Lipinski definition) is 1. The lowest BCUT2D eigenvalue weighted by Crippen LogP contribution is -2.36. The van der Waals surface area contributed by atoms with Crippen LogP contribution in [0.15, 0.2) is 60.4 Å². The molecule has 2 aromatic carbocycles. The van der Waals surface area contributed by atoms with E-state index in [0.717, 1.165) is 21.8 Å². The zero-order valence-electron chi connectivity index (χ0n) is 15.4. The lowest BCUT2D eigenvalue weighted by molar-refractivity contribution is -0.120. The molecule has 0 unspecified atom stereocenters. The van der Waals surface area contributed by atoms with Gasteiger partial charge in [0.05, 0.1) is 17.6 Å². The van der Waals surface area contributed by atoms with Gasteiger partial charge in [0.1, 0.15) is 0 Å². The largest absolute Gasteiger partial charge is 0.486 e. The summed E-state index contributed by atoms with van der Waals surface area (Å²) in [5.74, 6) is 1.04. The summed E-state index contributed by atoms with van der Waals surface area (Å²) in [4.78, 5) is 15.8. The summed E-state index contributed by atoms with van der Waals surface area (Å²) in [6.07, 6.45) is 0. The fraction of sp³-hybridized carbons (Fsp3) is 0.286. The van der Waals surface area contributed by atoms with Crippen LogP contribution in [0, 0.1) is 0 Å². The van der Waals surface area contributed by atoms with E-state index >= 15 is 0 Å². The molecule has 0 saturated heterocycles. The van der Waals surface area contributed by atoms with Gasteiger partial charge >= 0.3 is 0 Å². The van der Waals surface area contributed by atoms with E-state index < -0.39 is 0 Å². The van der Waals surface area contributed by atoms with Gasteiger partial charge in [-0.05, 0) is 31.3 Å². The van der Waals surface area contributed by atoms with Crippen molar-refractivity contribution < 1.29 is 9.53 Å². The third kappa shape index (κ3) is 4.86. The maximum absolute atomic E-state index is 12.9. The van der Waals surface area contributed by atoms with Crippen molar-refractivity contribution in [2.24, 2.45) is 0 Å². The Balaban J connectivity index is 1.79. The maximum Gasteiger partial charge on any atom is 0.287 e. The highest BCUT2D eigenvalue weighted by atomic mass is 35.5. The number of amides is 1. The fourth-order valence-corrected chi connectivity index (χ4v) is 4.19. The van der Waals surface area contributed by atoms with Crippen LogP contribution in [-0.4, -0.2) is 43.8 Å². The van der Waals surface area contributed by atoms with E-state index in [1.54, 1.807) is 11.8 Å². The standard InChI is InChI=1S/C21H23ClN2O2S/c1-24(2)18(16-10-6-7-11-17(16)22)14-23-21(25)19-20(27-13-12-26-19)15-8-4-3-5-9-15/h3-11,18H,12-14H2,1-2H3,(H,23,25)/t18-/m1/s1. The van der Waals surface area contributed by atoms with Gasteiger partial charge in [0.25, 0.3) is 5.91 Å². The highest BCUT2D eigenvalue weighted by Crippen LogP contribution is 2.34. The number of carbonyl (C=O) groups excluding carboxylic acids is 1. The molecule has 1 atom stereocenters. The SMILES string of the molecule is CN(C)[C@H](CNC(=O)C1=C(c2ccccc2)SCCO1)c1ccccc1Cl. The molecule has 1 aliphatic rings. The van der Waals surface area contributed by atoms with Gasteiger partial charge in [-0.1, -0.05) is 60.1 Å². The van der Waals surface area contributed by atoms with Crippen LogP contribution in [0.3, 0.4) is 0 Å². The van der Waals surface area contributed by atoms with Crippen molar-refractivity contribution in [2.45, 2.75) is 6.04 Å². The van der Waals surface area contributed by atoms with E-state index in [9.17, 15) is 4.79 Å². The lowest BCUT2D eigenvalue weighted by atomic mass is 10.1. The fourth-order valence-electron chi connectivity index (χ4n) is 2.98. The molecule has 1 N–H and O–H groups in total. The van der Waals surface area contributed by atoms with Crippen molar-refractivity contribution in [1.29, 1.82) is 0 Å². The average molecular weight is 403 g/mol. The van der Waals surface area contributed by atoms with Crippen molar-refractivity contribution >= 4 is 34.2 Å². The third-order valence-corrected chi connectivity index (χ3v) is 5.79. The maximum atomic E-state index is 12.9. The van der Waals surface area contributed by atoms with Crippen molar-refractivity contribution in [3.05, 3.63) is 76.5 Å². The molecule has 4 nitrogen and oxygen atoms in total. The van der Waals surface area contributed by atoms with Crippen LogP contribution in [-0.2, 0) is 9.53 Å². The van der Waals surface area contributed by atoms with Gasteiger partial charge < -0.3 is 15.0 Å². The summed E-state index contributed by atoms with van der Waals surface area (Å²) in [5, 5.41) is 3.72. The molecule has 2 aromatic rings. The molecule has 0 spiro atoms. The quantitative estimate of drug-likeness (QED) is 0.786. The molecule has 0 fully saturated rings. The van der Waals surface area contributed by atoms with Crippen LogP contribution in [0.4, 0.5) is 0 Å². The molecular formula is C21H23ClN2O2S. The predicted octanol–water partition coefficient (Wildman–Crippen LogP) is 4.19. The second-order valence-corrected chi connectivity index (χ2v) is 7.94. The number of thioether (sulfide) groups is 1. The zero-order chi connectivity index (χ0) is 19.2. The second kappa shape index (κ2) is 9.31. The van der Waals surface area contributed by atoms with Crippen molar-refractivity contribution in [2.75, 3.05) is 33.0 Å². The smallest absolute Gasteiger partial charge is 0.287 e. The molecule has 3 rings (SSSR count). The summed E-state index contributed by atoms with van der Waals surface area (Å²) in [6.45, 7) is 0.973. The van der Waals surface area contributed by atoms with E-state index in [1.807, 2.05) is 73.6 Å². The van der Waals surface area contributed by atoms with E-state index in [2.05, 4.69) is 5.32 Å². The Morgan fingerprint density at radius 2 is 1.89 bits per heavy atom. The number of hydrogen-bond acceptors (Lipinski definition) is 4. The number of rotatable bonds is 6. The Morgan fingerprint density at radius 3 is 2.59 bits per heavy atom. The molecule has 0 aliphatic carbocycles. The molecule has 1 aliphatic heterocycles. The number of ether oxygens (including phenoxy) is 1. The van der Waals surface area contributed by atoms with Crippen molar-refractivity contribution in [3.8, 4) is 0 Å². The first-order valence-corrected chi connectivity index (χ1v) is 10.2. The Hall–Kier alpha value is -1.95. The number of likely N-dealkylation sites (N-methyl/N-ethyl adjacent to an activating group) is 1. The first-order chi connectivity index (χ1) is 13.1. The first kappa shape index (κ1) is 19.8. The number of nitrogens with zero attached hydrogens (tertiary/aromatic N) is 1. The Bertz CT molecular complexity index is 824. The van der Waals surface area contributed by atoms with E-state index in [1.165, 1.54) is 0 Å². The van der Waals surface area contributed by atoms with Crippen LogP contribution < -0.4 is 5.32 Å². The van der Waals surface area contributed by atoms with Gasteiger partial charge in [-0.15, -0.1) is 11.8 Å². The van der Waals surface area contributed by atoms with Crippen LogP contribution in [0.25, 0.3) is 4.91 Å². The summed E-state index contributed by atoms with van der Waals surface area (Å²) in [6, 6.07) is 17.6. The van der Waals surface area contributed by atoms with Gasteiger partial charge in [0.15, 0.2) is 5.76 Å². The highest BCUT2D eigenvalue weighted by Gasteiger charge is 2.24. The summed E-state index contributed by atoms with van der Waals surface area (Å²) in [5.41, 5.74) is 1.99. The Morgan fingerprint density at radius 1 is 1.19 bits per heavy atom. The normalized spacial score (nSPS) is 15.4. The molecule has 142 valence electrons. The minimum absolute atomic E-state index is 0.0281. The number of halogens is 1. The van der Waals surface area contributed by atoms with E-state index in [-0.39, 0.29) is 11.9 Å². The zero-order valence-corrected chi connectivity index (χ0v) is 17.0. The van der Waals surface area contributed by atoms with Crippen LogP contribution in [0.5, 0.6) is 0 Å². The second-order valence-electron chi connectivity index (χ2n) is 6.43. The molecule has 0 bridgehead atoms. The number of benzene rings is 2. The van der Waals surface area contributed by atoms with Gasteiger partial charge in [-0.3, -0.25) is 4.79 Å². The molecule has 27 heavy (non-hydrogen) atoms. The summed E-state index contributed by atoms with van der Waals surface area (Å²) >= 11 is 8.01. The van der Waals surface area contributed by atoms with Crippen LogP contribution >= 0.6 is 23.4 Å². The predicted molar refractivity (Wildman–Crippen MR) is 113 cm³/mol. The highest BCUT2D eigenvalue weighted by molar-refractivity contribution is 8.08. The van der Waals surface area contributed by atoms with Gasteiger partial charge in [-0.25, -0.2) is 0 Å². The number of carbonyl (C=O) groups is 1. The Labute approximate surface area is 169 Å². The topological polar surface area (TPSA) is 41.6 Å². The molecule has 0 saturated carbocycles. The monoisotopic (exact) mass is 402 g/mol. The van der Waals surface area contributed by atoms with Gasteiger partial charge in [-0.2, -0.15) is 0 Å². The van der Waals surface area contributed by atoms with Crippen molar-refractivity contribution in [3.63, 3.8) is 0 Å². The molecule has 1 amide bonds. The number of nitrogens with one attached hydrogen (secondary N) is 1. The lowest BCUT2D eigenvalue weighted by Gasteiger charge is -2.27. The molecule has 0 aromatic heterocycles. The van der Waals surface area contributed by atoms with Gasteiger partial charge in [0.2, 0.25) is 0 Å². The Kier molecular flexibility index (Phi) is 6.83. The van der Waals surface area contributed by atoms with Gasteiger partial charge in [0, 0.05) is 17.3 Å². The molecule has 0 radical (unpaired) electrons. The van der Waals surface area contributed by atoms with Crippen molar-refractivity contribution in [1.82, 2.24) is 10.2 Å². The van der Waals surface area contributed by atoms with E-state index in [4.69, 9.17) is 16.3 Å². The average Bonchev–Trinajstić information content (AvgIpc) is 2.69.